The molecular weight excluding hydrogens is 268 g/mol. The molecular formula is C12H16N2O4S. The van der Waals surface area contributed by atoms with E-state index in [1.807, 2.05) is 0 Å². The van der Waals surface area contributed by atoms with Gasteiger partial charge in [0.15, 0.2) is 9.84 Å². The van der Waals surface area contributed by atoms with Gasteiger partial charge in [-0.25, -0.2) is 8.42 Å². The quantitative estimate of drug-likeness (QED) is 0.676. The van der Waals surface area contributed by atoms with E-state index in [1.54, 1.807) is 19.1 Å². The van der Waals surface area contributed by atoms with E-state index in [4.69, 9.17) is 0 Å². The second-order valence-corrected chi connectivity index (χ2v) is 7.03. The number of sulfone groups is 1. The van der Waals surface area contributed by atoms with Crippen LogP contribution in [0.25, 0.3) is 0 Å². The molecule has 0 radical (unpaired) electrons. The smallest absolute Gasteiger partial charge is 0.274 e. The second-order valence-electron chi connectivity index (χ2n) is 4.80. The fraction of sp³-hybridized carbons (Fsp3) is 0.500. The number of hydrogen-bond acceptors (Lipinski definition) is 5. The highest BCUT2D eigenvalue weighted by Crippen LogP contribution is 2.27. The lowest BCUT2D eigenvalue weighted by atomic mass is 10.1. The van der Waals surface area contributed by atoms with Crippen molar-refractivity contribution < 1.29 is 13.3 Å². The van der Waals surface area contributed by atoms with Gasteiger partial charge in [-0.15, -0.1) is 0 Å². The summed E-state index contributed by atoms with van der Waals surface area (Å²) in [5.74, 6) is 0.328. The van der Waals surface area contributed by atoms with Crippen molar-refractivity contribution >= 4 is 21.2 Å². The average molecular weight is 284 g/mol. The van der Waals surface area contributed by atoms with E-state index in [1.165, 1.54) is 6.07 Å². The van der Waals surface area contributed by atoms with Crippen LogP contribution in [0, 0.1) is 17.0 Å². The van der Waals surface area contributed by atoms with Gasteiger partial charge in [-0.2, -0.15) is 0 Å². The number of nitro benzene ring substituents is 1. The third-order valence-electron chi connectivity index (χ3n) is 3.32. The predicted octanol–water partition coefficient (Wildman–Crippen LogP) is 1.89. The van der Waals surface area contributed by atoms with Crippen LogP contribution in [-0.4, -0.2) is 30.9 Å². The lowest BCUT2D eigenvalue weighted by Gasteiger charge is -2.24. The Bertz CT molecular complexity index is 598. The maximum Gasteiger partial charge on any atom is 0.274 e. The number of benzene rings is 1. The van der Waals surface area contributed by atoms with Crippen molar-refractivity contribution in [3.8, 4) is 0 Å². The minimum Gasteiger partial charge on any atom is -0.381 e. The summed E-state index contributed by atoms with van der Waals surface area (Å²) in [5.41, 5.74) is 1.22. The molecule has 0 saturated carbocycles. The fourth-order valence-corrected chi connectivity index (χ4v) is 3.97. The molecule has 19 heavy (non-hydrogen) atoms. The minimum absolute atomic E-state index is 0.0451. The molecule has 0 amide bonds. The van der Waals surface area contributed by atoms with Gasteiger partial charge in [0.05, 0.1) is 16.4 Å². The van der Waals surface area contributed by atoms with Gasteiger partial charge in [-0.1, -0.05) is 6.07 Å². The fourth-order valence-electron chi connectivity index (χ4n) is 2.33. The molecule has 0 aliphatic carbocycles. The zero-order chi connectivity index (χ0) is 14.0. The molecule has 0 aromatic heterocycles. The first-order valence-electron chi connectivity index (χ1n) is 6.10. The van der Waals surface area contributed by atoms with Crippen molar-refractivity contribution in [2.75, 3.05) is 16.8 Å². The predicted molar refractivity (Wildman–Crippen MR) is 73.1 cm³/mol. The Morgan fingerprint density at radius 3 is 2.79 bits per heavy atom. The molecule has 1 aromatic rings. The Kier molecular flexibility index (Phi) is 3.75. The van der Waals surface area contributed by atoms with Crippen molar-refractivity contribution in [3.63, 3.8) is 0 Å². The van der Waals surface area contributed by atoms with Crippen LogP contribution in [0.3, 0.4) is 0 Å². The molecule has 1 aliphatic rings. The minimum atomic E-state index is -2.99. The van der Waals surface area contributed by atoms with Gasteiger partial charge in [0.2, 0.25) is 0 Å². The van der Waals surface area contributed by atoms with Crippen LogP contribution >= 0.6 is 0 Å². The maximum atomic E-state index is 11.6. The summed E-state index contributed by atoms with van der Waals surface area (Å²) in [5, 5.41) is 14.0. The van der Waals surface area contributed by atoms with E-state index < -0.39 is 14.8 Å². The van der Waals surface area contributed by atoms with Gasteiger partial charge in [-0.05, 0) is 25.8 Å². The Balaban J connectivity index is 2.20. The van der Waals surface area contributed by atoms with E-state index in [2.05, 4.69) is 5.32 Å². The molecule has 2 rings (SSSR count). The summed E-state index contributed by atoms with van der Waals surface area (Å²) in [6, 6.07) is 4.62. The summed E-state index contributed by atoms with van der Waals surface area (Å²) >= 11 is 0. The van der Waals surface area contributed by atoms with E-state index >= 15 is 0 Å². The summed E-state index contributed by atoms with van der Waals surface area (Å²) in [6.45, 7) is 1.66. The molecule has 1 unspecified atom stereocenters. The van der Waals surface area contributed by atoms with Crippen molar-refractivity contribution in [3.05, 3.63) is 33.9 Å². The second kappa shape index (κ2) is 5.16. The van der Waals surface area contributed by atoms with Crippen LogP contribution in [-0.2, 0) is 9.84 Å². The van der Waals surface area contributed by atoms with Crippen molar-refractivity contribution in [2.24, 2.45) is 0 Å². The summed E-state index contributed by atoms with van der Waals surface area (Å²) in [6.07, 6.45) is 1.40. The molecule has 6 nitrogen and oxygen atoms in total. The lowest BCUT2D eigenvalue weighted by Crippen LogP contribution is -2.35. The van der Waals surface area contributed by atoms with Gasteiger partial charge in [0, 0.05) is 23.4 Å². The Labute approximate surface area is 111 Å². The van der Waals surface area contributed by atoms with Crippen LogP contribution in [0.15, 0.2) is 18.2 Å². The molecule has 0 bridgehead atoms. The first-order chi connectivity index (χ1) is 8.89. The van der Waals surface area contributed by atoms with Gasteiger partial charge < -0.3 is 5.32 Å². The van der Waals surface area contributed by atoms with E-state index in [0.29, 0.717) is 17.7 Å². The molecule has 0 spiro atoms. The topological polar surface area (TPSA) is 89.3 Å². The van der Waals surface area contributed by atoms with Crippen LogP contribution in [0.1, 0.15) is 18.4 Å². The normalized spacial score (nSPS) is 21.8. The number of nitrogens with zero attached hydrogens (tertiary/aromatic N) is 1. The van der Waals surface area contributed by atoms with Gasteiger partial charge in [0.1, 0.15) is 0 Å². The first-order valence-corrected chi connectivity index (χ1v) is 7.92. The Hall–Kier alpha value is -1.63. The van der Waals surface area contributed by atoms with Gasteiger partial charge in [-0.3, -0.25) is 10.1 Å². The lowest BCUT2D eigenvalue weighted by molar-refractivity contribution is -0.385. The number of nitrogens with one attached hydrogen (secondary N) is 1. The van der Waals surface area contributed by atoms with E-state index in [-0.39, 0.29) is 23.2 Å². The number of hydrogen-bond donors (Lipinski definition) is 1. The standard InChI is InChI=1S/C12H16N2O4S/c1-9-11(5-2-6-12(9)14(15)16)13-10-4-3-7-19(17,18)8-10/h2,5-6,10,13H,3-4,7-8H2,1H3. The van der Waals surface area contributed by atoms with E-state index in [9.17, 15) is 18.5 Å². The van der Waals surface area contributed by atoms with Crippen molar-refractivity contribution in [1.82, 2.24) is 0 Å². The number of rotatable bonds is 3. The maximum absolute atomic E-state index is 11.6. The third kappa shape index (κ3) is 3.23. The van der Waals surface area contributed by atoms with Gasteiger partial charge in [0.25, 0.3) is 5.69 Å². The molecule has 104 valence electrons. The molecule has 1 aromatic carbocycles. The van der Waals surface area contributed by atoms with Crippen LogP contribution in [0.5, 0.6) is 0 Å². The zero-order valence-electron chi connectivity index (χ0n) is 10.6. The highest BCUT2D eigenvalue weighted by molar-refractivity contribution is 7.91. The summed E-state index contributed by atoms with van der Waals surface area (Å²) < 4.78 is 23.1. The molecule has 1 heterocycles. The molecule has 1 saturated heterocycles. The zero-order valence-corrected chi connectivity index (χ0v) is 11.4. The molecule has 1 aliphatic heterocycles. The number of anilines is 1. The number of nitro groups is 1. The van der Waals surface area contributed by atoms with Crippen LogP contribution in [0.2, 0.25) is 0 Å². The third-order valence-corrected chi connectivity index (χ3v) is 5.15. The Morgan fingerprint density at radius 2 is 2.16 bits per heavy atom. The molecule has 1 atom stereocenters. The monoisotopic (exact) mass is 284 g/mol. The van der Waals surface area contributed by atoms with Crippen molar-refractivity contribution in [1.29, 1.82) is 0 Å². The SMILES string of the molecule is Cc1c(NC2CCCS(=O)(=O)C2)cccc1[N+](=O)[O-]. The molecule has 1 fully saturated rings. The van der Waals surface area contributed by atoms with Crippen molar-refractivity contribution in [2.45, 2.75) is 25.8 Å². The van der Waals surface area contributed by atoms with Crippen LogP contribution < -0.4 is 5.32 Å². The Morgan fingerprint density at radius 1 is 1.42 bits per heavy atom. The summed E-state index contributed by atoms with van der Waals surface area (Å²) in [4.78, 5) is 10.4. The highest BCUT2D eigenvalue weighted by Gasteiger charge is 2.25. The van der Waals surface area contributed by atoms with E-state index in [0.717, 1.165) is 6.42 Å². The molecule has 1 N–H and O–H groups in total. The largest absolute Gasteiger partial charge is 0.381 e. The summed E-state index contributed by atoms with van der Waals surface area (Å²) in [7, 11) is -2.99. The average Bonchev–Trinajstić information content (AvgIpc) is 2.30. The molecule has 7 heteroatoms. The first kappa shape index (κ1) is 13.8. The van der Waals surface area contributed by atoms with Gasteiger partial charge >= 0.3 is 0 Å². The van der Waals surface area contributed by atoms with Crippen LogP contribution in [0.4, 0.5) is 11.4 Å². The highest BCUT2D eigenvalue weighted by atomic mass is 32.2.